The summed E-state index contributed by atoms with van der Waals surface area (Å²) >= 11 is 1.31. The summed E-state index contributed by atoms with van der Waals surface area (Å²) in [7, 11) is -2.09. The van der Waals surface area contributed by atoms with Crippen molar-refractivity contribution in [3.05, 3.63) is 23.7 Å². The minimum atomic E-state index is -3.82. The molecule has 0 unspecified atom stereocenters. The Morgan fingerprint density at radius 3 is 2.95 bits per heavy atom. The third kappa shape index (κ3) is 2.37. The summed E-state index contributed by atoms with van der Waals surface area (Å²) in [5.41, 5.74) is 2.30. The number of aromatic nitrogens is 5. The highest BCUT2D eigenvalue weighted by Crippen LogP contribution is 2.24. The maximum absolute atomic E-state index is 12.5. The van der Waals surface area contributed by atoms with Gasteiger partial charge in [0.2, 0.25) is 5.03 Å². The number of aryl methyl sites for hydroxylation is 1. The van der Waals surface area contributed by atoms with Gasteiger partial charge in [-0.25, -0.2) is 19.0 Å². The first-order chi connectivity index (χ1) is 10.0. The number of hydrazine groups is 1. The standard InChI is InChI=1S/C9H12N8O2S2/c1-16-5-11-15-6(16)4-12-21(18,19)8-7(14-10)13-9-17(8)2-3-20-9/h2-3,5,12,14H,4,10H2,1H3. The van der Waals surface area contributed by atoms with Crippen LogP contribution in [0.1, 0.15) is 5.82 Å². The Morgan fingerprint density at radius 2 is 2.29 bits per heavy atom. The summed E-state index contributed by atoms with van der Waals surface area (Å²) in [5, 5.41) is 9.21. The molecule has 0 bridgehead atoms. The van der Waals surface area contributed by atoms with E-state index in [-0.39, 0.29) is 17.4 Å². The van der Waals surface area contributed by atoms with Crippen LogP contribution in [0.4, 0.5) is 5.82 Å². The van der Waals surface area contributed by atoms with E-state index < -0.39 is 10.0 Å². The summed E-state index contributed by atoms with van der Waals surface area (Å²) in [6.45, 7) is 0.0141. The van der Waals surface area contributed by atoms with Gasteiger partial charge in [-0.1, -0.05) is 0 Å². The zero-order chi connectivity index (χ0) is 15.0. The zero-order valence-electron chi connectivity index (χ0n) is 10.9. The number of hydrogen-bond donors (Lipinski definition) is 3. The lowest BCUT2D eigenvalue weighted by Gasteiger charge is -2.07. The van der Waals surface area contributed by atoms with Crippen LogP contribution in [-0.4, -0.2) is 32.6 Å². The largest absolute Gasteiger partial charge is 0.320 e. The Hall–Kier alpha value is -2.02. The summed E-state index contributed by atoms with van der Waals surface area (Å²) < 4.78 is 30.5. The number of nitrogen functional groups attached to an aromatic ring is 1. The quantitative estimate of drug-likeness (QED) is 0.416. The third-order valence-electron chi connectivity index (χ3n) is 2.83. The van der Waals surface area contributed by atoms with Gasteiger partial charge in [0.25, 0.3) is 10.0 Å². The molecule has 112 valence electrons. The average molecular weight is 328 g/mol. The smallest absolute Gasteiger partial charge is 0.260 e. The van der Waals surface area contributed by atoms with Gasteiger partial charge in [-0.15, -0.1) is 21.5 Å². The number of sulfonamides is 1. The number of hydrogen-bond acceptors (Lipinski definition) is 8. The van der Waals surface area contributed by atoms with E-state index in [1.807, 2.05) is 0 Å². The first-order valence-corrected chi connectivity index (χ1v) is 8.14. The molecule has 3 aromatic heterocycles. The minimum absolute atomic E-state index is 0.0141. The predicted molar refractivity (Wildman–Crippen MR) is 75.9 cm³/mol. The second-order valence-corrected chi connectivity index (χ2v) is 6.70. The number of rotatable bonds is 5. The molecule has 3 rings (SSSR count). The first-order valence-electron chi connectivity index (χ1n) is 5.77. The van der Waals surface area contributed by atoms with Crippen LogP contribution < -0.4 is 16.0 Å². The molecule has 4 N–H and O–H groups in total. The van der Waals surface area contributed by atoms with Crippen molar-refractivity contribution in [2.45, 2.75) is 11.6 Å². The molecule has 0 amide bonds. The minimum Gasteiger partial charge on any atom is -0.320 e. The van der Waals surface area contributed by atoms with Gasteiger partial charge in [-0.3, -0.25) is 4.40 Å². The van der Waals surface area contributed by atoms with Crippen LogP contribution in [0.5, 0.6) is 0 Å². The maximum atomic E-state index is 12.5. The second-order valence-electron chi connectivity index (χ2n) is 4.15. The molecule has 0 radical (unpaired) electrons. The number of fused-ring (bicyclic) bond motifs is 1. The Bertz CT molecular complexity index is 877. The number of nitrogens with zero attached hydrogens (tertiary/aromatic N) is 5. The van der Waals surface area contributed by atoms with E-state index in [4.69, 9.17) is 5.84 Å². The highest BCUT2D eigenvalue weighted by Gasteiger charge is 2.25. The number of nitrogens with one attached hydrogen (secondary N) is 2. The van der Waals surface area contributed by atoms with Crippen molar-refractivity contribution in [3.8, 4) is 0 Å². The monoisotopic (exact) mass is 328 g/mol. The lowest BCUT2D eigenvalue weighted by atomic mass is 10.6. The van der Waals surface area contributed by atoms with Crippen molar-refractivity contribution < 1.29 is 8.42 Å². The molecule has 0 aliphatic carbocycles. The molecule has 0 saturated heterocycles. The van der Waals surface area contributed by atoms with E-state index in [1.54, 1.807) is 23.2 Å². The number of nitrogens with two attached hydrogens (primary N) is 1. The topological polar surface area (TPSA) is 132 Å². The Morgan fingerprint density at radius 1 is 1.48 bits per heavy atom. The number of thiazole rings is 1. The Balaban J connectivity index is 1.96. The van der Waals surface area contributed by atoms with Gasteiger partial charge in [-0.2, -0.15) is 4.98 Å². The molecule has 10 nitrogen and oxygen atoms in total. The Labute approximate surface area is 123 Å². The van der Waals surface area contributed by atoms with Gasteiger partial charge in [0.1, 0.15) is 12.2 Å². The van der Waals surface area contributed by atoms with Crippen molar-refractivity contribution >= 4 is 32.1 Å². The van der Waals surface area contributed by atoms with Crippen LogP contribution in [0.15, 0.2) is 22.9 Å². The van der Waals surface area contributed by atoms with Crippen LogP contribution >= 0.6 is 11.3 Å². The molecule has 0 aliphatic heterocycles. The van der Waals surface area contributed by atoms with Crippen LogP contribution in [0.2, 0.25) is 0 Å². The van der Waals surface area contributed by atoms with Gasteiger partial charge in [0.15, 0.2) is 10.8 Å². The van der Waals surface area contributed by atoms with Crippen molar-refractivity contribution in [2.24, 2.45) is 12.9 Å². The van der Waals surface area contributed by atoms with E-state index in [9.17, 15) is 8.42 Å². The fourth-order valence-electron chi connectivity index (χ4n) is 1.81. The van der Waals surface area contributed by atoms with E-state index in [0.717, 1.165) is 0 Å². The molecule has 0 atom stereocenters. The van der Waals surface area contributed by atoms with E-state index in [2.05, 4.69) is 25.3 Å². The normalized spacial score (nSPS) is 12.1. The van der Waals surface area contributed by atoms with Crippen LogP contribution in [0.3, 0.4) is 0 Å². The van der Waals surface area contributed by atoms with Crippen molar-refractivity contribution in [1.82, 2.24) is 28.9 Å². The maximum Gasteiger partial charge on any atom is 0.260 e. The van der Waals surface area contributed by atoms with Crippen molar-refractivity contribution in [3.63, 3.8) is 0 Å². The van der Waals surface area contributed by atoms with Gasteiger partial charge >= 0.3 is 0 Å². The van der Waals surface area contributed by atoms with Gasteiger partial charge in [-0.05, 0) is 0 Å². The first kappa shape index (κ1) is 13.9. The van der Waals surface area contributed by atoms with E-state index in [1.165, 1.54) is 22.1 Å². The lowest BCUT2D eigenvalue weighted by Crippen LogP contribution is -2.27. The molecule has 0 aliphatic rings. The summed E-state index contributed by atoms with van der Waals surface area (Å²) in [6.07, 6.45) is 3.11. The average Bonchev–Trinajstić information content (AvgIpc) is 3.10. The molecule has 3 heterocycles. The molecule has 0 saturated carbocycles. The van der Waals surface area contributed by atoms with Crippen LogP contribution in [0.25, 0.3) is 4.96 Å². The summed E-state index contributed by atoms with van der Waals surface area (Å²) in [4.78, 5) is 4.64. The second kappa shape index (κ2) is 5.07. The molecule has 12 heteroatoms. The molecule has 0 spiro atoms. The molecular weight excluding hydrogens is 316 g/mol. The van der Waals surface area contributed by atoms with Crippen molar-refractivity contribution in [1.29, 1.82) is 0 Å². The molecule has 21 heavy (non-hydrogen) atoms. The summed E-state index contributed by atoms with van der Waals surface area (Å²) in [5.74, 6) is 5.93. The molecular formula is C9H12N8O2S2. The zero-order valence-corrected chi connectivity index (χ0v) is 12.5. The number of anilines is 1. The highest BCUT2D eigenvalue weighted by atomic mass is 32.2. The fraction of sp³-hybridized carbons (Fsp3) is 0.222. The van der Waals surface area contributed by atoms with Gasteiger partial charge in [0, 0.05) is 18.6 Å². The highest BCUT2D eigenvalue weighted by molar-refractivity contribution is 7.89. The predicted octanol–water partition coefficient (Wildman–Crippen LogP) is -0.712. The van der Waals surface area contributed by atoms with Gasteiger partial charge in [0.05, 0.1) is 6.54 Å². The summed E-state index contributed by atoms with van der Waals surface area (Å²) in [6, 6.07) is 0. The third-order valence-corrected chi connectivity index (χ3v) is 5.02. The number of imidazole rings is 1. The van der Waals surface area contributed by atoms with Crippen LogP contribution in [0, 0.1) is 0 Å². The van der Waals surface area contributed by atoms with Crippen LogP contribution in [-0.2, 0) is 23.6 Å². The SMILES string of the molecule is Cn1cnnc1CNS(=O)(=O)c1c(NN)nc2sccn12. The lowest BCUT2D eigenvalue weighted by molar-refractivity contribution is 0.573. The van der Waals surface area contributed by atoms with Crippen molar-refractivity contribution in [2.75, 3.05) is 5.43 Å². The Kier molecular flexibility index (Phi) is 3.36. The van der Waals surface area contributed by atoms with E-state index >= 15 is 0 Å². The van der Waals surface area contributed by atoms with Gasteiger partial charge < -0.3 is 9.99 Å². The fourth-order valence-corrected chi connectivity index (χ4v) is 3.80. The molecule has 0 fully saturated rings. The van der Waals surface area contributed by atoms with E-state index in [0.29, 0.717) is 10.8 Å². The molecule has 0 aromatic carbocycles. The molecule has 3 aromatic rings.